The van der Waals surface area contributed by atoms with E-state index in [9.17, 15) is 19.0 Å². The molecule has 0 radical (unpaired) electrons. The first-order valence-electron chi connectivity index (χ1n) is 5.41. The summed E-state index contributed by atoms with van der Waals surface area (Å²) in [7, 11) is 0. The van der Waals surface area contributed by atoms with Crippen LogP contribution in [0.4, 0.5) is 8.78 Å². The van der Waals surface area contributed by atoms with Gasteiger partial charge in [-0.25, -0.2) is 8.78 Å². The Morgan fingerprint density at radius 3 is 2.47 bits per heavy atom. The number of hydrogen-bond donors (Lipinski definition) is 2. The van der Waals surface area contributed by atoms with Crippen LogP contribution in [0.5, 0.6) is 0 Å². The van der Waals surface area contributed by atoms with E-state index in [1.165, 1.54) is 6.92 Å². The van der Waals surface area contributed by atoms with E-state index in [-0.39, 0.29) is 12.6 Å². The summed E-state index contributed by atoms with van der Waals surface area (Å²) in [5, 5.41) is 19.3. The van der Waals surface area contributed by atoms with Crippen molar-refractivity contribution in [3.05, 3.63) is 0 Å². The topological polar surface area (TPSA) is 43.7 Å². The highest BCUT2D eigenvalue weighted by Gasteiger charge is 2.64. The molecule has 2 fully saturated rings. The summed E-state index contributed by atoms with van der Waals surface area (Å²) in [5.41, 5.74) is 0. The minimum atomic E-state index is -2.90. The summed E-state index contributed by atoms with van der Waals surface area (Å²) < 4.78 is 27.4. The maximum absolute atomic E-state index is 13.7. The molecule has 15 heavy (non-hydrogen) atoms. The molecular weight excluding hydrogens is 204 g/mol. The van der Waals surface area contributed by atoms with Gasteiger partial charge in [-0.2, -0.15) is 0 Å². The molecule has 3 nitrogen and oxygen atoms in total. The zero-order chi connectivity index (χ0) is 11.4. The zero-order valence-corrected chi connectivity index (χ0v) is 8.90. The first-order chi connectivity index (χ1) is 6.91. The molecule has 2 aliphatic heterocycles. The molecule has 88 valence electrons. The van der Waals surface area contributed by atoms with Gasteiger partial charge in [0.2, 0.25) is 0 Å². The molecule has 0 aromatic heterocycles. The molecule has 5 atom stereocenters. The minimum absolute atomic E-state index is 0.254. The van der Waals surface area contributed by atoms with E-state index in [4.69, 9.17) is 0 Å². The maximum Gasteiger partial charge on any atom is 0.269 e. The molecule has 2 rings (SSSR count). The molecule has 2 N–H and O–H groups in total. The van der Waals surface area contributed by atoms with Crippen LogP contribution < -0.4 is 0 Å². The summed E-state index contributed by atoms with van der Waals surface area (Å²) in [6.07, 6.45) is -1.79. The molecule has 2 heterocycles. The molecule has 0 bridgehead atoms. The summed E-state index contributed by atoms with van der Waals surface area (Å²) in [5.74, 6) is -3.65. The Hall–Kier alpha value is -0.260. The van der Waals surface area contributed by atoms with Gasteiger partial charge >= 0.3 is 0 Å². The SMILES string of the molecule is CC[C@H]1[C@H](O)[C@@H](O)[C@H]2N1C[C@@H](C)C2(F)F. The van der Waals surface area contributed by atoms with Crippen LogP contribution in [0, 0.1) is 5.92 Å². The van der Waals surface area contributed by atoms with Crippen molar-refractivity contribution in [1.82, 2.24) is 4.90 Å². The molecule has 0 aromatic rings. The van der Waals surface area contributed by atoms with Gasteiger partial charge in [0, 0.05) is 18.5 Å². The van der Waals surface area contributed by atoms with E-state index in [1.54, 1.807) is 4.90 Å². The molecular formula is C10H17F2NO2. The Morgan fingerprint density at radius 1 is 1.33 bits per heavy atom. The molecule has 0 amide bonds. The number of rotatable bonds is 1. The highest BCUT2D eigenvalue weighted by molar-refractivity contribution is 5.11. The van der Waals surface area contributed by atoms with Crippen LogP contribution in [0.1, 0.15) is 20.3 Å². The van der Waals surface area contributed by atoms with Gasteiger partial charge in [-0.15, -0.1) is 0 Å². The van der Waals surface area contributed by atoms with Crippen LogP contribution in [0.3, 0.4) is 0 Å². The third kappa shape index (κ3) is 1.33. The molecule has 2 saturated heterocycles. The Kier molecular flexibility index (Phi) is 2.52. The molecule has 2 aliphatic rings. The normalized spacial score (nSPS) is 49.6. The van der Waals surface area contributed by atoms with Crippen LogP contribution in [-0.2, 0) is 0 Å². The van der Waals surface area contributed by atoms with Crippen LogP contribution in [0.2, 0.25) is 0 Å². The zero-order valence-electron chi connectivity index (χ0n) is 8.90. The van der Waals surface area contributed by atoms with Gasteiger partial charge in [-0.1, -0.05) is 13.8 Å². The van der Waals surface area contributed by atoms with Gasteiger partial charge in [-0.05, 0) is 6.42 Å². The van der Waals surface area contributed by atoms with Gasteiger partial charge in [0.1, 0.15) is 12.1 Å². The summed E-state index contributed by atoms with van der Waals surface area (Å²) in [6, 6.07) is -1.53. The van der Waals surface area contributed by atoms with Crippen molar-refractivity contribution >= 4 is 0 Å². The number of fused-ring (bicyclic) bond motifs is 1. The molecule has 0 saturated carbocycles. The fourth-order valence-electron chi connectivity index (χ4n) is 2.92. The van der Waals surface area contributed by atoms with Gasteiger partial charge < -0.3 is 10.2 Å². The third-order valence-electron chi connectivity index (χ3n) is 3.81. The number of hydrogen-bond acceptors (Lipinski definition) is 3. The van der Waals surface area contributed by atoms with Crippen LogP contribution in [-0.4, -0.2) is 51.9 Å². The van der Waals surface area contributed by atoms with Gasteiger partial charge in [0.25, 0.3) is 5.92 Å². The smallest absolute Gasteiger partial charge is 0.269 e. The second kappa shape index (κ2) is 3.37. The first kappa shape index (κ1) is 11.2. The maximum atomic E-state index is 13.7. The second-order valence-corrected chi connectivity index (χ2v) is 4.67. The fourth-order valence-corrected chi connectivity index (χ4v) is 2.92. The Balaban J connectivity index is 2.30. The van der Waals surface area contributed by atoms with Crippen LogP contribution in [0.15, 0.2) is 0 Å². The van der Waals surface area contributed by atoms with Crippen molar-refractivity contribution < 1.29 is 19.0 Å². The van der Waals surface area contributed by atoms with Crippen LogP contribution in [0.25, 0.3) is 0 Å². The predicted octanol–water partition coefficient (Wildman–Crippen LogP) is 0.456. The number of halogens is 2. The van der Waals surface area contributed by atoms with Crippen molar-refractivity contribution in [3.8, 4) is 0 Å². The molecule has 0 unspecified atom stereocenters. The molecule has 0 aliphatic carbocycles. The van der Waals surface area contributed by atoms with Crippen molar-refractivity contribution in [2.45, 2.75) is 50.5 Å². The third-order valence-corrected chi connectivity index (χ3v) is 3.81. The van der Waals surface area contributed by atoms with E-state index < -0.39 is 30.1 Å². The monoisotopic (exact) mass is 221 g/mol. The summed E-state index contributed by atoms with van der Waals surface area (Å²) >= 11 is 0. The number of aliphatic hydroxyl groups excluding tert-OH is 2. The van der Waals surface area contributed by atoms with Crippen molar-refractivity contribution in [2.24, 2.45) is 5.92 Å². The lowest BCUT2D eigenvalue weighted by Crippen LogP contribution is -2.44. The molecule has 0 spiro atoms. The van der Waals surface area contributed by atoms with Gasteiger partial charge in [0.05, 0.1) is 6.10 Å². The lowest BCUT2D eigenvalue weighted by Gasteiger charge is -2.24. The Labute approximate surface area is 87.7 Å². The van der Waals surface area contributed by atoms with Crippen molar-refractivity contribution in [3.63, 3.8) is 0 Å². The van der Waals surface area contributed by atoms with E-state index in [1.807, 2.05) is 6.92 Å². The lowest BCUT2D eigenvalue weighted by molar-refractivity contribution is -0.0939. The van der Waals surface area contributed by atoms with E-state index in [0.717, 1.165) is 0 Å². The Bertz CT molecular complexity index is 262. The average Bonchev–Trinajstić information content (AvgIpc) is 2.51. The quantitative estimate of drug-likeness (QED) is 0.676. The minimum Gasteiger partial charge on any atom is -0.389 e. The standard InChI is InChI=1S/C10H17F2NO2/c1-3-6-7(14)8(15)9-10(11,12)5(2)4-13(6)9/h5-9,14-15H,3-4H2,1-2H3/t5-,6+,7+,8-,9-/m1/s1. The summed E-state index contributed by atoms with van der Waals surface area (Å²) in [6.45, 7) is 3.58. The van der Waals surface area contributed by atoms with E-state index >= 15 is 0 Å². The van der Waals surface area contributed by atoms with Gasteiger partial charge in [0.15, 0.2) is 0 Å². The summed E-state index contributed by atoms with van der Waals surface area (Å²) in [4.78, 5) is 1.57. The number of aliphatic hydroxyl groups is 2. The largest absolute Gasteiger partial charge is 0.389 e. The molecule has 5 heteroatoms. The highest BCUT2D eigenvalue weighted by Crippen LogP contribution is 2.46. The van der Waals surface area contributed by atoms with Crippen molar-refractivity contribution in [1.29, 1.82) is 0 Å². The fraction of sp³-hybridized carbons (Fsp3) is 1.00. The van der Waals surface area contributed by atoms with E-state index in [0.29, 0.717) is 6.42 Å². The number of alkyl halides is 2. The number of nitrogens with zero attached hydrogens (tertiary/aromatic N) is 1. The molecule has 0 aromatic carbocycles. The lowest BCUT2D eigenvalue weighted by atomic mass is 9.96. The first-order valence-corrected chi connectivity index (χ1v) is 5.41. The van der Waals surface area contributed by atoms with E-state index in [2.05, 4.69) is 0 Å². The second-order valence-electron chi connectivity index (χ2n) is 4.67. The predicted molar refractivity (Wildman–Crippen MR) is 50.7 cm³/mol. The van der Waals surface area contributed by atoms with Crippen molar-refractivity contribution in [2.75, 3.05) is 6.54 Å². The van der Waals surface area contributed by atoms with Gasteiger partial charge in [-0.3, -0.25) is 4.90 Å². The highest BCUT2D eigenvalue weighted by atomic mass is 19.3. The average molecular weight is 221 g/mol. The van der Waals surface area contributed by atoms with Crippen LogP contribution >= 0.6 is 0 Å². The Morgan fingerprint density at radius 2 is 1.93 bits per heavy atom.